The SMILES string of the molecule is CCCC1(C(=O)O)CCN(C(=O)NCC2(C)CCCO2)C1. The summed E-state index contributed by atoms with van der Waals surface area (Å²) in [6, 6.07) is -0.175. The van der Waals surface area contributed by atoms with Crippen molar-refractivity contribution in [1.29, 1.82) is 0 Å². The average Bonchev–Trinajstić information content (AvgIpc) is 3.05. The molecule has 0 radical (unpaired) electrons. The molecule has 2 unspecified atom stereocenters. The predicted octanol–water partition coefficient (Wildman–Crippen LogP) is 1.84. The van der Waals surface area contributed by atoms with Gasteiger partial charge in [0.2, 0.25) is 0 Å². The summed E-state index contributed by atoms with van der Waals surface area (Å²) in [5.74, 6) is -0.786. The molecule has 2 atom stereocenters. The summed E-state index contributed by atoms with van der Waals surface area (Å²) < 4.78 is 5.64. The molecule has 21 heavy (non-hydrogen) atoms. The lowest BCUT2D eigenvalue weighted by Crippen LogP contribution is -2.46. The van der Waals surface area contributed by atoms with Gasteiger partial charge in [0, 0.05) is 26.2 Å². The van der Waals surface area contributed by atoms with E-state index in [4.69, 9.17) is 4.74 Å². The number of rotatable bonds is 5. The maximum absolute atomic E-state index is 12.2. The Labute approximate surface area is 125 Å². The number of aliphatic carboxylic acids is 1. The van der Waals surface area contributed by atoms with Gasteiger partial charge in [-0.05, 0) is 32.6 Å². The summed E-state index contributed by atoms with van der Waals surface area (Å²) in [5, 5.41) is 12.4. The van der Waals surface area contributed by atoms with Gasteiger partial charge in [-0.15, -0.1) is 0 Å². The van der Waals surface area contributed by atoms with E-state index in [1.54, 1.807) is 4.90 Å². The van der Waals surface area contributed by atoms with Crippen molar-refractivity contribution in [2.45, 2.75) is 51.6 Å². The van der Waals surface area contributed by atoms with Crippen molar-refractivity contribution in [1.82, 2.24) is 10.2 Å². The molecular weight excluding hydrogens is 272 g/mol. The van der Waals surface area contributed by atoms with E-state index in [-0.39, 0.29) is 11.6 Å². The van der Waals surface area contributed by atoms with Gasteiger partial charge in [-0.2, -0.15) is 0 Å². The molecule has 0 aromatic carbocycles. The molecule has 0 aromatic rings. The first kappa shape index (κ1) is 16.1. The number of carbonyl (C=O) groups is 2. The fourth-order valence-corrected chi connectivity index (χ4v) is 3.36. The topological polar surface area (TPSA) is 78.9 Å². The van der Waals surface area contributed by atoms with E-state index in [1.165, 1.54) is 0 Å². The molecule has 6 nitrogen and oxygen atoms in total. The van der Waals surface area contributed by atoms with Crippen LogP contribution in [0, 0.1) is 5.41 Å². The second kappa shape index (κ2) is 6.22. The molecule has 2 heterocycles. The zero-order valence-electron chi connectivity index (χ0n) is 13.0. The van der Waals surface area contributed by atoms with E-state index in [2.05, 4.69) is 5.32 Å². The van der Waals surface area contributed by atoms with Crippen LogP contribution in [-0.2, 0) is 9.53 Å². The third-order valence-corrected chi connectivity index (χ3v) is 4.74. The van der Waals surface area contributed by atoms with Gasteiger partial charge in [-0.3, -0.25) is 4.79 Å². The van der Waals surface area contributed by atoms with Gasteiger partial charge in [0.15, 0.2) is 0 Å². The molecule has 0 saturated carbocycles. The fraction of sp³-hybridized carbons (Fsp3) is 0.867. The lowest BCUT2D eigenvalue weighted by molar-refractivity contribution is -0.148. The quantitative estimate of drug-likeness (QED) is 0.812. The molecule has 2 fully saturated rings. The monoisotopic (exact) mass is 298 g/mol. The maximum atomic E-state index is 12.2. The van der Waals surface area contributed by atoms with Crippen molar-refractivity contribution in [2.75, 3.05) is 26.2 Å². The number of carboxylic acid groups (broad SMARTS) is 1. The Kier molecular flexibility index (Phi) is 4.76. The van der Waals surface area contributed by atoms with Crippen molar-refractivity contribution in [2.24, 2.45) is 5.41 Å². The average molecular weight is 298 g/mol. The summed E-state index contributed by atoms with van der Waals surface area (Å²) in [6.45, 7) is 6.02. The van der Waals surface area contributed by atoms with Crippen molar-refractivity contribution in [3.8, 4) is 0 Å². The number of urea groups is 1. The number of carbonyl (C=O) groups excluding carboxylic acids is 1. The molecule has 2 N–H and O–H groups in total. The van der Waals surface area contributed by atoms with Crippen molar-refractivity contribution < 1.29 is 19.4 Å². The number of hydrogen-bond acceptors (Lipinski definition) is 3. The Morgan fingerprint density at radius 2 is 2.14 bits per heavy atom. The van der Waals surface area contributed by atoms with Crippen molar-refractivity contribution in [3.05, 3.63) is 0 Å². The number of nitrogens with zero attached hydrogens (tertiary/aromatic N) is 1. The normalized spacial score (nSPS) is 32.4. The van der Waals surface area contributed by atoms with Gasteiger partial charge in [-0.1, -0.05) is 13.3 Å². The maximum Gasteiger partial charge on any atom is 0.317 e. The summed E-state index contributed by atoms with van der Waals surface area (Å²) in [6.07, 6.45) is 3.94. The highest BCUT2D eigenvalue weighted by Crippen LogP contribution is 2.35. The Hall–Kier alpha value is -1.30. The van der Waals surface area contributed by atoms with Crippen LogP contribution in [0.4, 0.5) is 4.79 Å². The van der Waals surface area contributed by atoms with E-state index in [9.17, 15) is 14.7 Å². The molecular formula is C15H26N2O4. The highest BCUT2D eigenvalue weighted by molar-refractivity contribution is 5.79. The third kappa shape index (κ3) is 3.48. The first-order valence-corrected chi connectivity index (χ1v) is 7.81. The lowest BCUT2D eigenvalue weighted by atomic mass is 9.83. The van der Waals surface area contributed by atoms with Crippen LogP contribution in [0.1, 0.15) is 46.0 Å². The van der Waals surface area contributed by atoms with Crippen molar-refractivity contribution in [3.63, 3.8) is 0 Å². The molecule has 2 aliphatic heterocycles. The van der Waals surface area contributed by atoms with Gasteiger partial charge >= 0.3 is 12.0 Å². The molecule has 0 bridgehead atoms. The minimum atomic E-state index is -0.786. The highest BCUT2D eigenvalue weighted by atomic mass is 16.5. The van der Waals surface area contributed by atoms with Gasteiger partial charge in [0.25, 0.3) is 0 Å². The molecule has 120 valence electrons. The number of likely N-dealkylation sites (tertiary alicyclic amines) is 1. The largest absolute Gasteiger partial charge is 0.481 e. The standard InChI is InChI=1S/C15H26N2O4/c1-3-5-15(12(18)19)7-8-17(11-15)13(20)16-10-14(2)6-4-9-21-14/h3-11H2,1-2H3,(H,16,20)(H,18,19). The summed E-state index contributed by atoms with van der Waals surface area (Å²) in [7, 11) is 0. The molecule has 6 heteroatoms. The number of nitrogens with one attached hydrogen (secondary N) is 1. The van der Waals surface area contributed by atoms with Crippen LogP contribution in [0.2, 0.25) is 0 Å². The van der Waals surface area contributed by atoms with Crippen LogP contribution in [0.25, 0.3) is 0 Å². The predicted molar refractivity (Wildman–Crippen MR) is 78.2 cm³/mol. The number of ether oxygens (including phenoxy) is 1. The first-order chi connectivity index (χ1) is 9.91. The Bertz CT molecular complexity index is 406. The van der Waals surface area contributed by atoms with E-state index in [0.29, 0.717) is 32.5 Å². The summed E-state index contributed by atoms with van der Waals surface area (Å²) in [5.41, 5.74) is -1.04. The second-order valence-electron chi connectivity index (χ2n) is 6.57. The molecule has 0 aromatic heterocycles. The van der Waals surface area contributed by atoms with Crippen LogP contribution in [0.3, 0.4) is 0 Å². The molecule has 2 aliphatic rings. The second-order valence-corrected chi connectivity index (χ2v) is 6.57. The Balaban J connectivity index is 1.88. The molecule has 2 rings (SSSR count). The molecule has 2 amide bonds. The number of carboxylic acids is 1. The Morgan fingerprint density at radius 3 is 2.71 bits per heavy atom. The molecule has 2 saturated heterocycles. The fourth-order valence-electron chi connectivity index (χ4n) is 3.36. The summed E-state index contributed by atoms with van der Waals surface area (Å²) in [4.78, 5) is 25.4. The van der Waals surface area contributed by atoms with Crippen LogP contribution >= 0.6 is 0 Å². The van der Waals surface area contributed by atoms with Crippen LogP contribution < -0.4 is 5.32 Å². The minimum absolute atomic E-state index is 0.175. The van der Waals surface area contributed by atoms with E-state index in [1.807, 2.05) is 13.8 Å². The van der Waals surface area contributed by atoms with E-state index < -0.39 is 11.4 Å². The van der Waals surface area contributed by atoms with Crippen LogP contribution in [-0.4, -0.2) is 53.8 Å². The minimum Gasteiger partial charge on any atom is -0.481 e. The number of amides is 2. The zero-order valence-corrected chi connectivity index (χ0v) is 13.0. The van der Waals surface area contributed by atoms with E-state index in [0.717, 1.165) is 25.9 Å². The van der Waals surface area contributed by atoms with Crippen LogP contribution in [0.15, 0.2) is 0 Å². The Morgan fingerprint density at radius 1 is 1.38 bits per heavy atom. The summed E-state index contributed by atoms with van der Waals surface area (Å²) >= 11 is 0. The molecule has 0 aliphatic carbocycles. The van der Waals surface area contributed by atoms with Gasteiger partial charge in [0.05, 0.1) is 11.0 Å². The third-order valence-electron chi connectivity index (χ3n) is 4.74. The van der Waals surface area contributed by atoms with Gasteiger partial charge < -0.3 is 20.1 Å². The first-order valence-electron chi connectivity index (χ1n) is 7.81. The lowest BCUT2D eigenvalue weighted by Gasteiger charge is -2.27. The van der Waals surface area contributed by atoms with Gasteiger partial charge in [0.1, 0.15) is 0 Å². The number of hydrogen-bond donors (Lipinski definition) is 2. The molecule has 0 spiro atoms. The van der Waals surface area contributed by atoms with Crippen LogP contribution in [0.5, 0.6) is 0 Å². The smallest absolute Gasteiger partial charge is 0.317 e. The highest BCUT2D eigenvalue weighted by Gasteiger charge is 2.45. The zero-order chi connectivity index (χ0) is 15.5. The van der Waals surface area contributed by atoms with E-state index >= 15 is 0 Å². The van der Waals surface area contributed by atoms with Crippen molar-refractivity contribution >= 4 is 12.0 Å². The van der Waals surface area contributed by atoms with Gasteiger partial charge in [-0.25, -0.2) is 4.79 Å².